The molecule has 8 fully saturated rings. The van der Waals surface area contributed by atoms with Crippen LogP contribution in [0.5, 0.6) is 57.5 Å². The van der Waals surface area contributed by atoms with Crippen LogP contribution in [0.4, 0.5) is 0 Å². The topological polar surface area (TPSA) is 559 Å². The third-order valence-corrected chi connectivity index (χ3v) is 18.6. The van der Waals surface area contributed by atoms with Gasteiger partial charge >= 0.3 is 53.7 Å². The molecule has 16 unspecified atom stereocenters. The number of phenols is 8. The van der Waals surface area contributed by atoms with E-state index in [4.69, 9.17) is 52.1 Å². The number of hydrogen-bond acceptors (Lipinski definition) is 35. The van der Waals surface area contributed by atoms with Gasteiger partial charge in [-0.15, -0.1) is 0 Å². The molecule has 4 saturated heterocycles. The predicted molar refractivity (Wildman–Crippen MR) is 367 cm³/mol. The molecular formula is C75H74O35. The summed E-state index contributed by atoms with van der Waals surface area (Å²) >= 11 is 0. The van der Waals surface area contributed by atoms with Crippen LogP contribution in [-0.4, -0.2) is 240 Å². The maximum absolute atomic E-state index is 12.5. The van der Waals surface area contributed by atoms with Gasteiger partial charge in [0.1, 0.15) is 42.7 Å². The molecule has 0 amide bonds. The molecule has 0 spiro atoms. The van der Waals surface area contributed by atoms with Crippen LogP contribution in [-0.2, 0) is 85.8 Å². The molecule has 8 aliphatic rings. The van der Waals surface area contributed by atoms with Crippen molar-refractivity contribution in [1.82, 2.24) is 0 Å². The van der Waals surface area contributed by atoms with E-state index in [-0.39, 0.29) is 97.4 Å². The Labute approximate surface area is 621 Å². The average Bonchev–Trinajstić information content (AvgIpc) is 1.61. The highest BCUT2D eigenvalue weighted by Gasteiger charge is 2.62. The van der Waals surface area contributed by atoms with E-state index in [0.29, 0.717) is 39.3 Å². The molecule has 0 radical (unpaired) electrons. The van der Waals surface area contributed by atoms with E-state index >= 15 is 0 Å². The van der Waals surface area contributed by atoms with Crippen molar-refractivity contribution in [3.05, 3.63) is 149 Å². The fraction of sp³-hybridized carbons (Fsp3) is 0.347. The number of aliphatic hydroxyl groups excluding tert-OH is 3. The first-order valence-corrected chi connectivity index (χ1v) is 33.5. The zero-order chi connectivity index (χ0) is 79.9. The molecule has 4 heterocycles. The van der Waals surface area contributed by atoms with E-state index in [0.717, 1.165) is 30.4 Å². The molecule has 15 N–H and O–H groups in total. The van der Waals surface area contributed by atoms with Crippen LogP contribution >= 0.6 is 0 Å². The lowest BCUT2D eigenvalue weighted by Gasteiger charge is -2.35. The highest BCUT2D eigenvalue weighted by atomic mass is 16.6. The number of methoxy groups -OCH3 is 2. The van der Waals surface area contributed by atoms with Crippen LogP contribution in [0, 0.1) is 0 Å². The normalized spacial score (nSPS) is 29.3. The number of phenolic OH excluding ortho intramolecular Hbond substituents is 8. The number of aromatic hydroxyl groups is 8. The third kappa shape index (κ3) is 18.8. The number of esters is 9. The van der Waals surface area contributed by atoms with Gasteiger partial charge < -0.3 is 129 Å². The van der Waals surface area contributed by atoms with Crippen molar-refractivity contribution < 1.29 is 172 Å². The summed E-state index contributed by atoms with van der Waals surface area (Å²) in [7, 11) is 2.85. The van der Waals surface area contributed by atoms with E-state index in [1.165, 1.54) is 111 Å². The summed E-state index contributed by atoms with van der Waals surface area (Å²) in [5.74, 6) is -8.90. The summed E-state index contributed by atoms with van der Waals surface area (Å²) < 4.78 is 56.0. The van der Waals surface area contributed by atoms with E-state index < -0.39 is 149 Å². The Morgan fingerprint density at radius 3 is 0.927 bits per heavy atom. The van der Waals surface area contributed by atoms with Crippen molar-refractivity contribution in [2.75, 3.05) is 14.2 Å². The Kier molecular flexibility index (Phi) is 24.1. The second kappa shape index (κ2) is 33.1. The summed E-state index contributed by atoms with van der Waals surface area (Å²) in [6, 6.07) is 21.0. The zero-order valence-electron chi connectivity index (χ0n) is 57.9. The third-order valence-electron chi connectivity index (χ3n) is 18.6. The van der Waals surface area contributed by atoms with Crippen molar-refractivity contribution >= 4 is 84.1 Å². The summed E-state index contributed by atoms with van der Waals surface area (Å²) in [4.78, 5) is 107. The second-order valence-corrected chi connectivity index (χ2v) is 26.6. The Morgan fingerprint density at radius 2 is 0.600 bits per heavy atom. The van der Waals surface area contributed by atoms with Crippen LogP contribution in [0.2, 0.25) is 0 Å². The van der Waals surface area contributed by atoms with Crippen molar-refractivity contribution in [3.63, 3.8) is 0 Å². The molecule has 0 aromatic heterocycles. The van der Waals surface area contributed by atoms with E-state index in [1.807, 2.05) is 0 Å². The molecule has 13 rings (SSSR count). The minimum Gasteiger partial charge on any atom is -0.504 e. The molecule has 110 heavy (non-hydrogen) atoms. The van der Waals surface area contributed by atoms with Gasteiger partial charge in [0.05, 0.1) is 26.4 Å². The van der Waals surface area contributed by atoms with E-state index in [2.05, 4.69) is 0 Å². The first-order chi connectivity index (χ1) is 52.0. The molecule has 35 heteroatoms. The number of carbonyl (C=O) groups is 9. The summed E-state index contributed by atoms with van der Waals surface area (Å²) in [5.41, 5.74) is -4.72. The molecule has 4 saturated carbocycles. The van der Waals surface area contributed by atoms with Crippen molar-refractivity contribution in [2.24, 2.45) is 0 Å². The lowest BCUT2D eigenvalue weighted by molar-refractivity contribution is -0.178. The number of benzene rings is 5. The van der Waals surface area contributed by atoms with Gasteiger partial charge in [0.15, 0.2) is 98.2 Å². The van der Waals surface area contributed by atoms with Gasteiger partial charge in [-0.2, -0.15) is 0 Å². The molecule has 5 aromatic rings. The van der Waals surface area contributed by atoms with Crippen molar-refractivity contribution in [3.8, 4) is 57.5 Å². The van der Waals surface area contributed by atoms with Gasteiger partial charge in [-0.25, -0.2) is 43.2 Å². The van der Waals surface area contributed by atoms with Crippen molar-refractivity contribution in [2.45, 2.75) is 147 Å². The standard InChI is InChI=1S/C25H22O11.2C17H18O8.C16H16O8/c26-15-5-1-13(9-17(15)28)3-7-21(30)34-19-11-25(33)12-20(35-24(25)32)23(19)36-22(31)8-4-14-2-6-16(27)18(29)10-14;1-23-12-4-2-9(6-10(12)18)3-5-14(20)25-15-11(19)7-17(22)8-13(15)24-16(17)21;1-23-11-4-2-9(6-10(11)18)3-5-14(19)24-12-7-17(22)8-13(15(12)20)25-16(17)21;17-9-3-1-8(5-10(9)18)2-4-13(20)24-14-11(19)6-16(22)7-12(14)23-15(16)21/h1-10,19-20,23,26-29,33H,11-12H2;2-6,11,13,15,18-19,22H,7-8H2,1H3;2-6,12-13,15,18,20,22H,7-8H2,1H3;1-5,11-12,14,17-19,22H,6-7H2/b7-3+,8-4+;2*5-3+;4-2+. The number of aliphatic hydroxyl groups is 7. The second-order valence-electron chi connectivity index (χ2n) is 26.6. The average molecular weight is 1540 g/mol. The SMILES string of the molecule is COc1ccc(/C=C/C(=O)OC2C(O)CC3(O)CC2OC3=O)cc1O.COc1ccc(/C=C/C(=O)OC2CC3(O)CC(OC3=O)C2O)cc1O.O=C(/C=C/c1ccc(O)c(O)c1)OC1C(O)CC2(O)CC1OC2=O.O=C(/C=C/c1ccc(O)c(O)c1)OC1CC2(O)CC(OC2=O)C1OC(=O)/C=C/c1ccc(O)c(O)c1. The van der Waals surface area contributed by atoms with Gasteiger partial charge in [0, 0.05) is 81.7 Å². The summed E-state index contributed by atoms with van der Waals surface area (Å²) in [6.07, 6.45) is -1.85. The first-order valence-electron chi connectivity index (χ1n) is 33.5. The smallest absolute Gasteiger partial charge is 0.338 e. The number of ether oxygens (including phenoxy) is 11. The van der Waals surface area contributed by atoms with Crippen LogP contribution in [0.3, 0.4) is 0 Å². The maximum Gasteiger partial charge on any atom is 0.338 e. The Hall–Kier alpha value is -12.3. The highest BCUT2D eigenvalue weighted by Crippen LogP contribution is 2.44. The van der Waals surface area contributed by atoms with Crippen LogP contribution < -0.4 is 9.47 Å². The Balaban J connectivity index is 0.000000158. The molecule has 5 aromatic carbocycles. The molecule has 8 bridgehead atoms. The quantitative estimate of drug-likeness (QED) is 0.0272. The lowest BCUT2D eigenvalue weighted by Crippen LogP contribution is -2.51. The number of carbonyl (C=O) groups excluding carboxylic acids is 9. The number of hydrogen-bond donors (Lipinski definition) is 15. The van der Waals surface area contributed by atoms with E-state index in [9.17, 15) is 120 Å². The zero-order valence-corrected chi connectivity index (χ0v) is 57.9. The first kappa shape index (κ1) is 80.3. The molecular weight excluding hydrogens is 1460 g/mol. The Morgan fingerprint density at radius 1 is 0.336 bits per heavy atom. The number of rotatable bonds is 17. The van der Waals surface area contributed by atoms with Gasteiger partial charge in [-0.05, 0) is 119 Å². The fourth-order valence-electron chi connectivity index (χ4n) is 13.0. The van der Waals surface area contributed by atoms with Gasteiger partial charge in [0.25, 0.3) is 0 Å². The Bertz CT molecular complexity index is 4540. The van der Waals surface area contributed by atoms with Crippen LogP contribution in [0.15, 0.2) is 121 Å². The van der Waals surface area contributed by atoms with Gasteiger partial charge in [-0.3, -0.25) is 0 Å². The molecule has 584 valence electrons. The molecule has 4 aliphatic carbocycles. The van der Waals surface area contributed by atoms with Crippen LogP contribution in [0.25, 0.3) is 30.4 Å². The molecule has 35 nitrogen and oxygen atoms in total. The predicted octanol–water partition coefficient (Wildman–Crippen LogP) is 1.62. The van der Waals surface area contributed by atoms with Crippen molar-refractivity contribution in [1.29, 1.82) is 0 Å². The lowest BCUT2D eigenvalue weighted by atomic mass is 9.82. The minimum absolute atomic E-state index is 0.0119. The van der Waals surface area contributed by atoms with Gasteiger partial charge in [0.2, 0.25) is 0 Å². The monoisotopic (exact) mass is 1530 g/mol. The largest absolute Gasteiger partial charge is 0.504 e. The highest BCUT2D eigenvalue weighted by molar-refractivity contribution is 5.92. The summed E-state index contributed by atoms with van der Waals surface area (Å²) in [6.45, 7) is 0. The summed E-state index contributed by atoms with van der Waals surface area (Å²) in [5, 5.41) is 147. The number of fused-ring (bicyclic) bond motifs is 8. The minimum atomic E-state index is -1.88. The van der Waals surface area contributed by atoms with E-state index in [1.54, 1.807) is 24.3 Å². The molecule has 4 aliphatic heterocycles. The molecule has 16 atom stereocenters. The fourth-order valence-corrected chi connectivity index (χ4v) is 13.0. The van der Waals surface area contributed by atoms with Gasteiger partial charge in [-0.1, -0.05) is 30.3 Å². The maximum atomic E-state index is 12.5. The van der Waals surface area contributed by atoms with Crippen LogP contribution in [0.1, 0.15) is 79.2 Å².